The van der Waals surface area contributed by atoms with E-state index in [9.17, 15) is 0 Å². The van der Waals surface area contributed by atoms with E-state index >= 15 is 0 Å². The van der Waals surface area contributed by atoms with Crippen molar-refractivity contribution in [3.05, 3.63) is 41.5 Å². The van der Waals surface area contributed by atoms with E-state index in [4.69, 9.17) is 4.74 Å². The standard InChI is InChI=1S/C15H23NO/c1-5-16-13(4)14-8-6-7-9-15(14)17-11-10-12(2)3/h6-10,13,16H,5,11H2,1-4H3. The Morgan fingerprint density at radius 1 is 1.35 bits per heavy atom. The topological polar surface area (TPSA) is 21.3 Å². The van der Waals surface area contributed by atoms with Crippen LogP contribution >= 0.6 is 0 Å². The summed E-state index contributed by atoms with van der Waals surface area (Å²) in [4.78, 5) is 0. The van der Waals surface area contributed by atoms with E-state index in [-0.39, 0.29) is 0 Å². The lowest BCUT2D eigenvalue weighted by atomic mass is 10.1. The Balaban J connectivity index is 2.73. The highest BCUT2D eigenvalue weighted by Gasteiger charge is 2.09. The van der Waals surface area contributed by atoms with Crippen LogP contribution in [-0.4, -0.2) is 13.2 Å². The summed E-state index contributed by atoms with van der Waals surface area (Å²) in [5.74, 6) is 0.971. The Hall–Kier alpha value is -1.28. The Bertz CT molecular complexity index is 367. The highest BCUT2D eigenvalue weighted by molar-refractivity contribution is 5.35. The molecule has 0 aliphatic carbocycles. The smallest absolute Gasteiger partial charge is 0.124 e. The summed E-state index contributed by atoms with van der Waals surface area (Å²) in [7, 11) is 0. The van der Waals surface area contributed by atoms with Crippen molar-refractivity contribution in [1.82, 2.24) is 5.32 Å². The van der Waals surface area contributed by atoms with Gasteiger partial charge in [0.1, 0.15) is 12.4 Å². The summed E-state index contributed by atoms with van der Waals surface area (Å²) in [5.41, 5.74) is 2.50. The summed E-state index contributed by atoms with van der Waals surface area (Å²) in [6.45, 7) is 10.0. The lowest BCUT2D eigenvalue weighted by molar-refractivity contribution is 0.353. The molecular weight excluding hydrogens is 210 g/mol. The summed E-state index contributed by atoms with van der Waals surface area (Å²) in [6.07, 6.45) is 2.09. The molecule has 0 spiro atoms. The average Bonchev–Trinajstić information content (AvgIpc) is 2.29. The van der Waals surface area contributed by atoms with E-state index in [1.807, 2.05) is 12.1 Å². The van der Waals surface area contributed by atoms with Crippen LogP contribution in [-0.2, 0) is 0 Å². The lowest BCUT2D eigenvalue weighted by Crippen LogP contribution is -2.18. The van der Waals surface area contributed by atoms with Gasteiger partial charge >= 0.3 is 0 Å². The first-order valence-electron chi connectivity index (χ1n) is 6.23. The monoisotopic (exact) mass is 233 g/mol. The van der Waals surface area contributed by atoms with Gasteiger partial charge in [0.2, 0.25) is 0 Å². The summed E-state index contributed by atoms with van der Waals surface area (Å²) < 4.78 is 5.80. The summed E-state index contributed by atoms with van der Waals surface area (Å²) in [5, 5.41) is 3.41. The van der Waals surface area contributed by atoms with Crippen molar-refractivity contribution in [1.29, 1.82) is 0 Å². The van der Waals surface area contributed by atoms with E-state index in [2.05, 4.69) is 51.2 Å². The predicted octanol–water partition coefficient (Wildman–Crippen LogP) is 3.70. The first-order valence-corrected chi connectivity index (χ1v) is 6.23. The van der Waals surface area contributed by atoms with Gasteiger partial charge in [0.15, 0.2) is 0 Å². The molecule has 1 atom stereocenters. The second-order valence-corrected chi connectivity index (χ2v) is 4.41. The molecule has 17 heavy (non-hydrogen) atoms. The molecule has 2 heteroatoms. The number of rotatable bonds is 6. The van der Waals surface area contributed by atoms with Crippen molar-refractivity contribution >= 4 is 0 Å². The van der Waals surface area contributed by atoms with Crippen LogP contribution in [0.15, 0.2) is 35.9 Å². The minimum atomic E-state index is 0.322. The van der Waals surface area contributed by atoms with Crippen molar-refractivity contribution < 1.29 is 4.74 Å². The largest absolute Gasteiger partial charge is 0.489 e. The number of hydrogen-bond acceptors (Lipinski definition) is 2. The molecule has 0 saturated heterocycles. The molecule has 0 saturated carbocycles. The molecule has 0 radical (unpaired) electrons. The maximum atomic E-state index is 5.80. The Morgan fingerprint density at radius 2 is 2.06 bits per heavy atom. The quantitative estimate of drug-likeness (QED) is 0.756. The normalized spacial score (nSPS) is 12.0. The van der Waals surface area contributed by atoms with Gasteiger partial charge in [-0.25, -0.2) is 0 Å². The Labute approximate surface area is 105 Å². The number of benzene rings is 1. The van der Waals surface area contributed by atoms with Crippen molar-refractivity contribution in [3.8, 4) is 5.75 Å². The number of hydrogen-bond donors (Lipinski definition) is 1. The lowest BCUT2D eigenvalue weighted by Gasteiger charge is -2.17. The minimum Gasteiger partial charge on any atom is -0.489 e. The number of ether oxygens (including phenoxy) is 1. The van der Waals surface area contributed by atoms with E-state index in [0.717, 1.165) is 12.3 Å². The summed E-state index contributed by atoms with van der Waals surface area (Å²) in [6, 6.07) is 8.53. The molecule has 0 heterocycles. The van der Waals surface area contributed by atoms with Crippen LogP contribution in [0.3, 0.4) is 0 Å². The fourth-order valence-corrected chi connectivity index (χ4v) is 1.68. The van der Waals surface area contributed by atoms with E-state index in [1.54, 1.807) is 0 Å². The molecule has 1 rings (SSSR count). The van der Waals surface area contributed by atoms with Crippen LogP contribution in [0.1, 0.15) is 39.3 Å². The van der Waals surface area contributed by atoms with Crippen LogP contribution in [0.4, 0.5) is 0 Å². The zero-order valence-electron chi connectivity index (χ0n) is 11.3. The minimum absolute atomic E-state index is 0.322. The van der Waals surface area contributed by atoms with Crippen LogP contribution < -0.4 is 10.1 Å². The third kappa shape index (κ3) is 4.61. The van der Waals surface area contributed by atoms with Gasteiger partial charge in [-0.1, -0.05) is 30.7 Å². The van der Waals surface area contributed by atoms with Crippen LogP contribution in [0.5, 0.6) is 5.75 Å². The molecule has 0 aliphatic rings. The zero-order chi connectivity index (χ0) is 12.7. The van der Waals surface area contributed by atoms with Crippen molar-refractivity contribution in [2.24, 2.45) is 0 Å². The van der Waals surface area contributed by atoms with Gasteiger partial charge in [-0.3, -0.25) is 0 Å². The molecule has 1 aromatic carbocycles. The van der Waals surface area contributed by atoms with Crippen molar-refractivity contribution in [2.45, 2.75) is 33.7 Å². The first-order chi connectivity index (χ1) is 8.15. The molecule has 0 aliphatic heterocycles. The van der Waals surface area contributed by atoms with Crippen LogP contribution in [0.25, 0.3) is 0 Å². The third-order valence-corrected chi connectivity index (χ3v) is 2.63. The van der Waals surface area contributed by atoms with E-state index < -0.39 is 0 Å². The van der Waals surface area contributed by atoms with E-state index in [1.165, 1.54) is 11.1 Å². The second-order valence-electron chi connectivity index (χ2n) is 4.41. The van der Waals surface area contributed by atoms with Crippen molar-refractivity contribution in [3.63, 3.8) is 0 Å². The Morgan fingerprint density at radius 3 is 2.71 bits per heavy atom. The SMILES string of the molecule is CCNC(C)c1ccccc1OCC=C(C)C. The van der Waals surface area contributed by atoms with Gasteiger partial charge in [-0.2, -0.15) is 0 Å². The molecule has 1 aromatic rings. The zero-order valence-corrected chi connectivity index (χ0v) is 11.3. The predicted molar refractivity (Wildman–Crippen MR) is 73.5 cm³/mol. The molecule has 0 fully saturated rings. The number of nitrogens with one attached hydrogen (secondary N) is 1. The van der Waals surface area contributed by atoms with Gasteiger partial charge in [0.05, 0.1) is 0 Å². The molecule has 94 valence electrons. The summed E-state index contributed by atoms with van der Waals surface area (Å²) >= 11 is 0. The highest BCUT2D eigenvalue weighted by atomic mass is 16.5. The molecule has 0 amide bonds. The number of para-hydroxylation sites is 1. The molecule has 2 nitrogen and oxygen atoms in total. The van der Waals surface area contributed by atoms with Crippen LogP contribution in [0.2, 0.25) is 0 Å². The fraction of sp³-hybridized carbons (Fsp3) is 0.467. The maximum Gasteiger partial charge on any atom is 0.124 e. The van der Waals surface area contributed by atoms with Gasteiger partial charge in [0, 0.05) is 11.6 Å². The Kier molecular flexibility index (Phi) is 5.78. The highest BCUT2D eigenvalue weighted by Crippen LogP contribution is 2.24. The molecule has 1 unspecified atom stereocenters. The second kappa shape index (κ2) is 7.13. The molecular formula is C15H23NO. The van der Waals surface area contributed by atoms with Gasteiger partial charge < -0.3 is 10.1 Å². The maximum absolute atomic E-state index is 5.80. The van der Waals surface area contributed by atoms with Gasteiger partial charge in [-0.05, 0) is 39.5 Å². The molecule has 0 aromatic heterocycles. The fourth-order valence-electron chi connectivity index (χ4n) is 1.68. The number of allylic oxidation sites excluding steroid dienone is 1. The molecule has 1 N–H and O–H groups in total. The first kappa shape index (κ1) is 13.8. The van der Waals surface area contributed by atoms with Crippen molar-refractivity contribution in [2.75, 3.05) is 13.2 Å². The van der Waals surface area contributed by atoms with E-state index in [0.29, 0.717) is 12.6 Å². The van der Waals surface area contributed by atoms with Crippen LogP contribution in [0, 0.1) is 0 Å². The third-order valence-electron chi connectivity index (χ3n) is 2.63. The average molecular weight is 233 g/mol. The van der Waals surface area contributed by atoms with Gasteiger partial charge in [0.25, 0.3) is 0 Å². The van der Waals surface area contributed by atoms with Gasteiger partial charge in [-0.15, -0.1) is 0 Å². The molecule has 0 bridgehead atoms.